The minimum Gasteiger partial charge on any atom is -0.462 e. The number of carbonyl (C=O) groups is 5. The maximum absolute atomic E-state index is 13.6. The van der Waals surface area contributed by atoms with Crippen molar-refractivity contribution in [3.63, 3.8) is 0 Å². The van der Waals surface area contributed by atoms with Crippen LogP contribution >= 0.6 is 0 Å². The smallest absolute Gasteiger partial charge is 0.347 e. The minimum atomic E-state index is -4.13. The van der Waals surface area contributed by atoms with E-state index in [1.807, 2.05) is 0 Å². The Balaban J connectivity index is 1.86. The molecule has 0 spiro atoms. The molecule has 1 saturated heterocycles. The van der Waals surface area contributed by atoms with Gasteiger partial charge in [0.2, 0.25) is 0 Å². The van der Waals surface area contributed by atoms with Gasteiger partial charge in [0.05, 0.1) is 42.8 Å². The van der Waals surface area contributed by atoms with Crippen molar-refractivity contribution < 1.29 is 65.0 Å². The molecule has 16 heteroatoms. The molecule has 0 saturated carbocycles. The Morgan fingerprint density at radius 2 is 1.06 bits per heavy atom. The third-order valence-corrected chi connectivity index (χ3v) is 7.78. The van der Waals surface area contributed by atoms with Crippen LogP contribution in [0, 0.1) is 0 Å². The molecule has 0 aliphatic carbocycles. The summed E-state index contributed by atoms with van der Waals surface area (Å²) in [7, 11) is -4.13. The van der Waals surface area contributed by atoms with Gasteiger partial charge in [-0.15, -0.1) is 0 Å². The number of hydrogen-bond donors (Lipinski definition) is 1. The molecule has 1 N–H and O–H groups in total. The van der Waals surface area contributed by atoms with Crippen molar-refractivity contribution in [3.8, 4) is 0 Å². The van der Waals surface area contributed by atoms with Crippen molar-refractivity contribution in [2.24, 2.45) is 0 Å². The molecule has 15 nitrogen and oxygen atoms in total. The number of rotatable bonds is 15. The van der Waals surface area contributed by atoms with Gasteiger partial charge in [-0.2, -0.15) is 8.42 Å². The second-order valence-corrected chi connectivity index (χ2v) is 12.6. The summed E-state index contributed by atoms with van der Waals surface area (Å²) < 4.78 is 63.1. The van der Waals surface area contributed by atoms with Crippen LogP contribution in [0.2, 0.25) is 0 Å². The van der Waals surface area contributed by atoms with Gasteiger partial charge in [-0.05, 0) is 50.2 Å². The molecule has 1 fully saturated rings. The maximum Gasteiger partial charge on any atom is 0.347 e. The third kappa shape index (κ3) is 11.0. The van der Waals surface area contributed by atoms with E-state index in [0.717, 1.165) is 12.5 Å². The first kappa shape index (κ1) is 39.2. The lowest BCUT2D eigenvalue weighted by molar-refractivity contribution is -0.231. The van der Waals surface area contributed by atoms with Crippen LogP contribution < -0.4 is 5.32 Å². The van der Waals surface area contributed by atoms with Gasteiger partial charge in [0, 0.05) is 6.20 Å². The third-order valence-electron chi connectivity index (χ3n) is 7.22. The minimum absolute atomic E-state index is 0.0653. The zero-order valence-electron chi connectivity index (χ0n) is 28.4. The lowest BCUT2D eigenvalue weighted by Gasteiger charge is -2.44. The standard InChI is InChI=1S/C36H37NO14S/c1-4-45-35(41)26(36(42)46-5-2)21-37-31-30(51-34(40)25-19-13-8-14-20-25)29(50-33(39)24-17-11-7-12-18-24)28(27(48-31)22-47-52(3,43)44)49-32(38)23-15-9-6-10-16-23/h6-21,27-31,37H,4-5,22H2,1-3H3/t27-,28-,29+,30+,31-/m1/s1. The van der Waals surface area contributed by atoms with Gasteiger partial charge >= 0.3 is 29.8 Å². The molecule has 52 heavy (non-hydrogen) atoms. The summed E-state index contributed by atoms with van der Waals surface area (Å²) in [5.74, 6) is -4.93. The number of ether oxygens (including phenoxy) is 6. The normalized spacial score (nSPS) is 19.6. The molecule has 0 amide bonds. The highest BCUT2D eigenvalue weighted by atomic mass is 32.2. The van der Waals surface area contributed by atoms with Crippen LogP contribution in [0.4, 0.5) is 0 Å². The molecule has 3 aromatic rings. The number of hydrogen-bond acceptors (Lipinski definition) is 15. The predicted octanol–water partition coefficient (Wildman–Crippen LogP) is 2.96. The van der Waals surface area contributed by atoms with Crippen molar-refractivity contribution in [1.29, 1.82) is 0 Å². The summed E-state index contributed by atoms with van der Waals surface area (Å²) in [6.45, 7) is 2.07. The first-order valence-corrected chi connectivity index (χ1v) is 17.8. The van der Waals surface area contributed by atoms with Crippen LogP contribution in [0.5, 0.6) is 0 Å². The molecule has 0 aromatic heterocycles. The Labute approximate surface area is 299 Å². The van der Waals surface area contributed by atoms with Gasteiger partial charge < -0.3 is 33.7 Å². The van der Waals surface area contributed by atoms with E-state index in [4.69, 9.17) is 32.6 Å². The van der Waals surface area contributed by atoms with Crippen LogP contribution in [-0.4, -0.2) is 95.0 Å². The summed E-state index contributed by atoms with van der Waals surface area (Å²) in [5.41, 5.74) is -0.396. The zero-order valence-corrected chi connectivity index (χ0v) is 29.2. The Morgan fingerprint density at radius 3 is 1.46 bits per heavy atom. The Kier molecular flexibility index (Phi) is 14.0. The van der Waals surface area contributed by atoms with Gasteiger partial charge in [0.15, 0.2) is 30.1 Å². The van der Waals surface area contributed by atoms with Crippen molar-refractivity contribution >= 4 is 40.0 Å². The van der Waals surface area contributed by atoms with Crippen LogP contribution in [0.1, 0.15) is 44.9 Å². The molecule has 276 valence electrons. The molecule has 1 aliphatic rings. The van der Waals surface area contributed by atoms with E-state index in [1.54, 1.807) is 54.6 Å². The summed E-state index contributed by atoms with van der Waals surface area (Å²) >= 11 is 0. The SMILES string of the molecule is CCOC(=O)C(=CN[C@@H]1O[C@H](COS(C)(=O)=O)[C@@H](OC(=O)c2ccccc2)[C@H](OC(=O)c2ccccc2)[C@@H]1OC(=O)c1ccccc1)C(=O)OCC. The Morgan fingerprint density at radius 1 is 0.654 bits per heavy atom. The van der Waals surface area contributed by atoms with Gasteiger partial charge in [0.25, 0.3) is 10.1 Å². The van der Waals surface area contributed by atoms with Gasteiger partial charge in [-0.1, -0.05) is 54.6 Å². The van der Waals surface area contributed by atoms with E-state index < -0.39 is 82.8 Å². The summed E-state index contributed by atoms with van der Waals surface area (Å²) in [6, 6.07) is 23.2. The van der Waals surface area contributed by atoms with Crippen molar-refractivity contribution in [1.82, 2.24) is 5.32 Å². The highest BCUT2D eigenvalue weighted by Gasteiger charge is 2.53. The summed E-state index contributed by atoms with van der Waals surface area (Å²) in [4.78, 5) is 66.1. The highest BCUT2D eigenvalue weighted by Crippen LogP contribution is 2.30. The second-order valence-electron chi connectivity index (χ2n) is 11.0. The monoisotopic (exact) mass is 739 g/mol. The molecule has 3 aromatic carbocycles. The van der Waals surface area contributed by atoms with Crippen LogP contribution in [0.25, 0.3) is 0 Å². The van der Waals surface area contributed by atoms with Crippen LogP contribution in [-0.2, 0) is 52.3 Å². The summed E-state index contributed by atoms with van der Waals surface area (Å²) in [5, 5.41) is 2.68. The van der Waals surface area contributed by atoms with Gasteiger partial charge in [0.1, 0.15) is 6.10 Å². The molecule has 1 aliphatic heterocycles. The number of carbonyl (C=O) groups excluding carboxylic acids is 5. The Hall–Kier alpha value is -5.58. The van der Waals surface area contributed by atoms with E-state index >= 15 is 0 Å². The van der Waals surface area contributed by atoms with Crippen molar-refractivity contribution in [3.05, 3.63) is 119 Å². The first-order valence-electron chi connectivity index (χ1n) is 16.0. The molecule has 4 rings (SSSR count). The quantitative estimate of drug-likeness (QED) is 0.0596. The summed E-state index contributed by atoms with van der Waals surface area (Å²) in [6.07, 6.45) is -6.60. The average molecular weight is 740 g/mol. The second kappa shape index (κ2) is 18.6. The molecule has 0 bridgehead atoms. The fraction of sp³-hybridized carbons (Fsp3) is 0.306. The molecular formula is C36H37NO14S. The van der Waals surface area contributed by atoms with Gasteiger partial charge in [-0.25, -0.2) is 24.0 Å². The molecular weight excluding hydrogens is 702 g/mol. The fourth-order valence-electron chi connectivity index (χ4n) is 4.86. The number of benzene rings is 3. The fourth-order valence-corrected chi connectivity index (χ4v) is 5.24. The lowest BCUT2D eigenvalue weighted by atomic mass is 9.96. The van der Waals surface area contributed by atoms with E-state index in [9.17, 15) is 32.4 Å². The number of nitrogens with one attached hydrogen (secondary N) is 1. The average Bonchev–Trinajstić information content (AvgIpc) is 3.13. The molecule has 0 unspecified atom stereocenters. The van der Waals surface area contributed by atoms with E-state index in [2.05, 4.69) is 5.32 Å². The van der Waals surface area contributed by atoms with E-state index in [-0.39, 0.29) is 29.9 Å². The Bertz CT molecular complexity index is 1810. The predicted molar refractivity (Wildman–Crippen MR) is 181 cm³/mol. The highest BCUT2D eigenvalue weighted by molar-refractivity contribution is 7.85. The molecule has 5 atom stereocenters. The number of esters is 5. The molecule has 0 radical (unpaired) electrons. The van der Waals surface area contributed by atoms with Gasteiger partial charge in [-0.3, -0.25) is 4.18 Å². The maximum atomic E-state index is 13.6. The van der Waals surface area contributed by atoms with Crippen LogP contribution in [0.15, 0.2) is 103 Å². The topological polar surface area (TPSA) is 196 Å². The first-order chi connectivity index (χ1) is 24.9. The van der Waals surface area contributed by atoms with Crippen molar-refractivity contribution in [2.45, 2.75) is 44.5 Å². The van der Waals surface area contributed by atoms with E-state index in [1.165, 1.54) is 50.2 Å². The van der Waals surface area contributed by atoms with E-state index in [0.29, 0.717) is 0 Å². The van der Waals surface area contributed by atoms with Crippen LogP contribution in [0.3, 0.4) is 0 Å². The van der Waals surface area contributed by atoms with Crippen molar-refractivity contribution in [2.75, 3.05) is 26.1 Å². The lowest BCUT2D eigenvalue weighted by Crippen LogP contribution is -2.65. The zero-order chi connectivity index (χ0) is 37.7. The molecule has 1 heterocycles. The largest absolute Gasteiger partial charge is 0.462 e.